The number of imidazole rings is 1. The Morgan fingerprint density at radius 3 is 2.33 bits per heavy atom. The van der Waals surface area contributed by atoms with Crippen molar-refractivity contribution in [2.75, 3.05) is 0 Å². The van der Waals surface area contributed by atoms with Crippen molar-refractivity contribution in [3.05, 3.63) is 98.2 Å². The largest absolute Gasteiger partial charge is 0.418 e. The Hall–Kier alpha value is -3.96. The summed E-state index contributed by atoms with van der Waals surface area (Å²) in [6.07, 6.45) is -4.13. The van der Waals surface area contributed by atoms with Crippen molar-refractivity contribution in [1.82, 2.24) is 24.3 Å². The average molecular weight is 590 g/mol. The van der Waals surface area contributed by atoms with Crippen LogP contribution in [0.5, 0.6) is 0 Å². The van der Waals surface area contributed by atoms with E-state index >= 15 is 0 Å². The molecule has 222 valence electrons. The first kappa shape index (κ1) is 29.5. The van der Waals surface area contributed by atoms with Crippen LogP contribution >= 0.6 is 0 Å². The average Bonchev–Trinajstić information content (AvgIpc) is 3.24. The van der Waals surface area contributed by atoms with Gasteiger partial charge in [-0.3, -0.25) is 9.78 Å². The van der Waals surface area contributed by atoms with E-state index in [2.05, 4.69) is 15.1 Å². The quantitative estimate of drug-likeness (QED) is 0.223. The normalized spacial score (nSPS) is 17.7. The van der Waals surface area contributed by atoms with Crippen LogP contribution in [-0.4, -0.2) is 24.3 Å². The Kier molecular flexibility index (Phi) is 8.00. The first-order valence-corrected chi connectivity index (χ1v) is 13.6. The molecule has 0 bridgehead atoms. The van der Waals surface area contributed by atoms with Gasteiger partial charge in [0.1, 0.15) is 17.2 Å². The predicted octanol–water partition coefficient (Wildman–Crippen LogP) is 7.24. The maximum atomic E-state index is 14.7. The molecule has 6 nitrogen and oxygen atoms in total. The summed E-state index contributed by atoms with van der Waals surface area (Å²) >= 11 is 0. The zero-order valence-electron chi connectivity index (χ0n) is 23.2. The molecule has 0 N–H and O–H groups in total. The van der Waals surface area contributed by atoms with Crippen molar-refractivity contribution in [1.29, 1.82) is 0 Å². The molecule has 0 amide bonds. The van der Waals surface area contributed by atoms with Crippen molar-refractivity contribution < 1.29 is 26.3 Å². The molecule has 42 heavy (non-hydrogen) atoms. The molecular weight excluding hydrogens is 560 g/mol. The van der Waals surface area contributed by atoms with Crippen LogP contribution in [0.25, 0.3) is 11.4 Å². The minimum Gasteiger partial charge on any atom is -0.330 e. The van der Waals surface area contributed by atoms with E-state index in [1.54, 1.807) is 13.0 Å². The van der Waals surface area contributed by atoms with E-state index in [1.165, 1.54) is 29.9 Å². The van der Waals surface area contributed by atoms with Gasteiger partial charge in [0.15, 0.2) is 5.82 Å². The predicted molar refractivity (Wildman–Crippen MR) is 144 cm³/mol. The molecule has 1 aliphatic carbocycles. The van der Waals surface area contributed by atoms with E-state index in [1.807, 2.05) is 13.0 Å². The standard InChI is InChI=1S/C30H29F6N5O/c1-16-6-4-8-22(31)25(16)19-11-9-18(10-12-19)20-14-23(26-17(2)40(3)28(38-26)27(32)33)39-41(29(20)42)15-24-21(30(34,35)36)7-5-13-37-24/h4-8,13-14,18-19,27H,9-12,15H2,1-3H3. The van der Waals surface area contributed by atoms with Gasteiger partial charge in [-0.2, -0.15) is 18.3 Å². The van der Waals surface area contributed by atoms with Gasteiger partial charge in [-0.1, -0.05) is 12.1 Å². The third-order valence-corrected chi connectivity index (χ3v) is 8.20. The van der Waals surface area contributed by atoms with E-state index in [-0.39, 0.29) is 29.0 Å². The van der Waals surface area contributed by atoms with Crippen molar-refractivity contribution in [2.45, 2.75) is 70.5 Å². The van der Waals surface area contributed by atoms with Gasteiger partial charge >= 0.3 is 6.18 Å². The second kappa shape index (κ2) is 11.4. The van der Waals surface area contributed by atoms with Crippen LogP contribution < -0.4 is 5.56 Å². The Balaban J connectivity index is 1.57. The molecule has 3 aromatic heterocycles. The molecule has 0 aliphatic heterocycles. The first-order valence-electron chi connectivity index (χ1n) is 13.6. The highest BCUT2D eigenvalue weighted by Crippen LogP contribution is 2.42. The molecule has 3 heterocycles. The highest BCUT2D eigenvalue weighted by atomic mass is 19.4. The monoisotopic (exact) mass is 589 g/mol. The van der Waals surface area contributed by atoms with Crippen LogP contribution in [-0.2, 0) is 19.8 Å². The molecule has 0 atom stereocenters. The van der Waals surface area contributed by atoms with E-state index in [4.69, 9.17) is 0 Å². The lowest BCUT2D eigenvalue weighted by Crippen LogP contribution is -2.31. The van der Waals surface area contributed by atoms with E-state index in [9.17, 15) is 31.1 Å². The van der Waals surface area contributed by atoms with Gasteiger partial charge in [-0.05, 0) is 86.8 Å². The maximum Gasteiger partial charge on any atom is 0.418 e. The summed E-state index contributed by atoms with van der Waals surface area (Å²) in [6, 6.07) is 8.48. The second-order valence-electron chi connectivity index (χ2n) is 10.7. The molecule has 0 saturated heterocycles. The van der Waals surface area contributed by atoms with Crippen LogP contribution in [0.15, 0.2) is 47.4 Å². The fraction of sp³-hybridized carbons (Fsp3) is 0.400. The van der Waals surface area contributed by atoms with Crippen molar-refractivity contribution in [3.8, 4) is 11.4 Å². The number of rotatable bonds is 6. The van der Waals surface area contributed by atoms with Crippen LogP contribution in [0.3, 0.4) is 0 Å². The minimum absolute atomic E-state index is 0.0412. The lowest BCUT2D eigenvalue weighted by atomic mass is 9.75. The number of hydrogen-bond donors (Lipinski definition) is 0. The zero-order chi connectivity index (χ0) is 30.3. The van der Waals surface area contributed by atoms with Gasteiger partial charge in [0.2, 0.25) is 0 Å². The summed E-state index contributed by atoms with van der Waals surface area (Å²) in [5.41, 5.74) is 0.388. The lowest BCUT2D eigenvalue weighted by Gasteiger charge is -2.30. The van der Waals surface area contributed by atoms with Gasteiger partial charge < -0.3 is 4.57 Å². The molecular formula is C30H29F6N5O. The van der Waals surface area contributed by atoms with Gasteiger partial charge in [0, 0.05) is 24.5 Å². The Labute approximate surface area is 238 Å². The number of halogens is 6. The third-order valence-electron chi connectivity index (χ3n) is 8.20. The number of nitrogens with zero attached hydrogens (tertiary/aromatic N) is 5. The van der Waals surface area contributed by atoms with Crippen LogP contribution in [0.2, 0.25) is 0 Å². The summed E-state index contributed by atoms with van der Waals surface area (Å²) in [5, 5.41) is 4.30. The molecule has 0 spiro atoms. The van der Waals surface area contributed by atoms with Crippen molar-refractivity contribution in [3.63, 3.8) is 0 Å². The van der Waals surface area contributed by atoms with E-state index in [0.29, 0.717) is 42.5 Å². The third kappa shape index (κ3) is 5.58. The molecule has 0 radical (unpaired) electrons. The number of alkyl halides is 5. The summed E-state index contributed by atoms with van der Waals surface area (Å²) < 4.78 is 85.2. The maximum absolute atomic E-state index is 14.7. The number of aryl methyl sites for hydroxylation is 1. The van der Waals surface area contributed by atoms with Gasteiger partial charge in [-0.25, -0.2) is 22.8 Å². The van der Waals surface area contributed by atoms with Crippen molar-refractivity contribution >= 4 is 0 Å². The smallest absolute Gasteiger partial charge is 0.330 e. The van der Waals surface area contributed by atoms with E-state index in [0.717, 1.165) is 22.4 Å². The summed E-state index contributed by atoms with van der Waals surface area (Å²) in [6.45, 7) is 2.86. The number of pyridine rings is 1. The van der Waals surface area contributed by atoms with Gasteiger partial charge in [0.05, 0.1) is 17.8 Å². The number of aromatic nitrogens is 5. The number of benzene rings is 1. The fourth-order valence-electron chi connectivity index (χ4n) is 5.94. The van der Waals surface area contributed by atoms with Crippen LogP contribution in [0.4, 0.5) is 26.3 Å². The molecule has 1 saturated carbocycles. The molecule has 5 rings (SSSR count). The molecule has 1 fully saturated rings. The zero-order valence-corrected chi connectivity index (χ0v) is 23.2. The number of hydrogen-bond acceptors (Lipinski definition) is 4. The fourth-order valence-corrected chi connectivity index (χ4v) is 5.94. The Bertz CT molecular complexity index is 1650. The molecule has 1 aromatic carbocycles. The molecule has 0 unspecified atom stereocenters. The summed E-state index contributed by atoms with van der Waals surface area (Å²) in [5.74, 6) is -1.10. The second-order valence-corrected chi connectivity index (χ2v) is 10.7. The molecule has 4 aromatic rings. The van der Waals surface area contributed by atoms with Crippen LogP contribution in [0, 0.1) is 19.7 Å². The minimum atomic E-state index is -4.71. The SMILES string of the molecule is Cc1cccc(F)c1C1CCC(c2cc(-c3nc(C(F)F)n(C)c3C)nn(Cc3ncccc3C(F)(F)F)c2=O)CC1. The Morgan fingerprint density at radius 1 is 1.02 bits per heavy atom. The molecule has 12 heteroatoms. The topological polar surface area (TPSA) is 65.6 Å². The first-order chi connectivity index (χ1) is 19.9. The lowest BCUT2D eigenvalue weighted by molar-refractivity contribution is -0.138. The summed E-state index contributed by atoms with van der Waals surface area (Å²) in [7, 11) is 1.43. The van der Waals surface area contributed by atoms with E-state index < -0.39 is 41.8 Å². The van der Waals surface area contributed by atoms with Gasteiger partial charge in [0.25, 0.3) is 12.0 Å². The highest BCUT2D eigenvalue weighted by molar-refractivity contribution is 5.58. The van der Waals surface area contributed by atoms with Crippen molar-refractivity contribution in [2.24, 2.45) is 7.05 Å². The molecule has 1 aliphatic rings. The summed E-state index contributed by atoms with van der Waals surface area (Å²) in [4.78, 5) is 21.7. The van der Waals surface area contributed by atoms with Crippen LogP contribution in [0.1, 0.15) is 83.4 Å². The highest BCUT2D eigenvalue weighted by Gasteiger charge is 2.35. The Morgan fingerprint density at radius 2 is 1.71 bits per heavy atom. The van der Waals surface area contributed by atoms with Gasteiger partial charge in [-0.15, -0.1) is 0 Å².